The molecule has 29 heavy (non-hydrogen) atoms. The highest BCUT2D eigenvalue weighted by Crippen LogP contribution is 2.25. The largest absolute Gasteiger partial charge is 0.379 e. The predicted molar refractivity (Wildman–Crippen MR) is 130 cm³/mol. The third-order valence-corrected chi connectivity index (χ3v) is 5.58. The van der Waals surface area contributed by atoms with Gasteiger partial charge in [0.1, 0.15) is 9.84 Å². The van der Waals surface area contributed by atoms with Crippen molar-refractivity contribution < 1.29 is 13.2 Å². The first kappa shape index (κ1) is 26.1. The molecule has 1 unspecified atom stereocenters. The van der Waals surface area contributed by atoms with Gasteiger partial charge in [-0.2, -0.15) is 0 Å². The molecule has 0 aliphatic carbocycles. The third kappa shape index (κ3) is 10.6. The number of guanidine groups is 1. The van der Waals surface area contributed by atoms with Crippen molar-refractivity contribution in [1.29, 1.82) is 0 Å². The SMILES string of the molecule is CCNC(=NCC(c1ccccc1)N1CCCC1)NCCOCCS(C)(=O)=O.I. The van der Waals surface area contributed by atoms with E-state index in [-0.39, 0.29) is 42.4 Å². The lowest BCUT2D eigenvalue weighted by molar-refractivity contribution is 0.154. The van der Waals surface area contributed by atoms with Crippen LogP contribution in [0.25, 0.3) is 0 Å². The highest BCUT2D eigenvalue weighted by Gasteiger charge is 2.23. The Labute approximate surface area is 192 Å². The summed E-state index contributed by atoms with van der Waals surface area (Å²) in [6.45, 7) is 6.98. The molecule has 9 heteroatoms. The van der Waals surface area contributed by atoms with E-state index in [2.05, 4.69) is 39.8 Å². The fourth-order valence-electron chi connectivity index (χ4n) is 3.23. The number of hydrogen-bond acceptors (Lipinski definition) is 5. The van der Waals surface area contributed by atoms with Crippen LogP contribution in [0.15, 0.2) is 35.3 Å². The zero-order valence-corrected chi connectivity index (χ0v) is 20.6. The van der Waals surface area contributed by atoms with Crippen LogP contribution in [0.1, 0.15) is 31.4 Å². The number of nitrogens with zero attached hydrogens (tertiary/aromatic N) is 2. The lowest BCUT2D eigenvalue weighted by Crippen LogP contribution is -2.40. The molecule has 1 fully saturated rings. The van der Waals surface area contributed by atoms with Crippen molar-refractivity contribution in [3.63, 3.8) is 0 Å². The second-order valence-electron chi connectivity index (χ2n) is 7.06. The van der Waals surface area contributed by atoms with Crippen molar-refractivity contribution in [3.05, 3.63) is 35.9 Å². The summed E-state index contributed by atoms with van der Waals surface area (Å²) in [5, 5.41) is 6.53. The maximum atomic E-state index is 11.1. The van der Waals surface area contributed by atoms with E-state index in [9.17, 15) is 8.42 Å². The molecule has 0 radical (unpaired) electrons. The number of halogens is 1. The Balaban J connectivity index is 0.00000420. The lowest BCUT2D eigenvalue weighted by Gasteiger charge is -2.27. The van der Waals surface area contributed by atoms with Crippen molar-refractivity contribution in [1.82, 2.24) is 15.5 Å². The van der Waals surface area contributed by atoms with Gasteiger partial charge in [0.2, 0.25) is 0 Å². The van der Waals surface area contributed by atoms with E-state index in [4.69, 9.17) is 9.73 Å². The Bertz CT molecular complexity index is 695. The van der Waals surface area contributed by atoms with Gasteiger partial charge in [-0.1, -0.05) is 30.3 Å². The Kier molecular flexibility index (Phi) is 12.8. The highest BCUT2D eigenvalue weighted by molar-refractivity contribution is 14.0. The van der Waals surface area contributed by atoms with Crippen LogP contribution in [-0.2, 0) is 14.6 Å². The molecular weight excluding hydrogens is 503 g/mol. The number of ether oxygens (including phenoxy) is 1. The van der Waals surface area contributed by atoms with E-state index < -0.39 is 9.84 Å². The quantitative estimate of drug-likeness (QED) is 0.194. The number of rotatable bonds is 11. The zero-order chi connectivity index (χ0) is 20.2. The van der Waals surface area contributed by atoms with Gasteiger partial charge < -0.3 is 15.4 Å². The van der Waals surface area contributed by atoms with Gasteiger partial charge in [0.05, 0.1) is 31.6 Å². The first-order valence-electron chi connectivity index (χ1n) is 10.1. The van der Waals surface area contributed by atoms with Gasteiger partial charge in [-0.15, -0.1) is 24.0 Å². The summed E-state index contributed by atoms with van der Waals surface area (Å²) in [4.78, 5) is 7.30. The molecule has 7 nitrogen and oxygen atoms in total. The van der Waals surface area contributed by atoms with E-state index >= 15 is 0 Å². The van der Waals surface area contributed by atoms with Crippen LogP contribution in [0.5, 0.6) is 0 Å². The first-order chi connectivity index (χ1) is 13.5. The third-order valence-electron chi connectivity index (χ3n) is 4.67. The van der Waals surface area contributed by atoms with E-state index in [1.54, 1.807) is 0 Å². The Morgan fingerprint density at radius 2 is 1.86 bits per heavy atom. The summed E-state index contributed by atoms with van der Waals surface area (Å²) in [6, 6.07) is 10.8. The number of benzene rings is 1. The molecule has 1 aromatic rings. The number of aliphatic imine (C=N–C) groups is 1. The molecule has 2 rings (SSSR count). The molecule has 1 saturated heterocycles. The number of nitrogens with one attached hydrogen (secondary N) is 2. The topological polar surface area (TPSA) is 83.0 Å². The van der Waals surface area contributed by atoms with Gasteiger partial charge in [0.25, 0.3) is 0 Å². The summed E-state index contributed by atoms with van der Waals surface area (Å²) in [5.41, 5.74) is 1.30. The van der Waals surface area contributed by atoms with E-state index in [1.807, 2.05) is 13.0 Å². The van der Waals surface area contributed by atoms with Crippen LogP contribution in [0.2, 0.25) is 0 Å². The molecule has 0 aromatic heterocycles. The van der Waals surface area contributed by atoms with Crippen molar-refractivity contribution in [2.45, 2.75) is 25.8 Å². The predicted octanol–water partition coefficient (Wildman–Crippen LogP) is 2.06. The van der Waals surface area contributed by atoms with Crippen molar-refractivity contribution in [2.24, 2.45) is 4.99 Å². The maximum absolute atomic E-state index is 11.1. The van der Waals surface area contributed by atoms with E-state index in [0.717, 1.165) is 25.6 Å². The van der Waals surface area contributed by atoms with Crippen molar-refractivity contribution in [2.75, 3.05) is 57.9 Å². The van der Waals surface area contributed by atoms with Gasteiger partial charge in [-0.3, -0.25) is 9.89 Å². The molecular formula is C20H35IN4O3S. The average molecular weight is 538 g/mol. The van der Waals surface area contributed by atoms with Crippen LogP contribution >= 0.6 is 24.0 Å². The minimum atomic E-state index is -2.98. The van der Waals surface area contributed by atoms with Crippen LogP contribution in [0.4, 0.5) is 0 Å². The van der Waals surface area contributed by atoms with Gasteiger partial charge >= 0.3 is 0 Å². The summed E-state index contributed by atoms with van der Waals surface area (Å²) in [6.07, 6.45) is 3.71. The van der Waals surface area contributed by atoms with E-state index in [0.29, 0.717) is 19.7 Å². The van der Waals surface area contributed by atoms with E-state index in [1.165, 1.54) is 24.7 Å². The van der Waals surface area contributed by atoms with Gasteiger partial charge in [-0.05, 0) is 38.4 Å². The van der Waals surface area contributed by atoms with Gasteiger partial charge in [0.15, 0.2) is 5.96 Å². The molecule has 1 aliphatic rings. The average Bonchev–Trinajstić information content (AvgIpc) is 3.19. The Morgan fingerprint density at radius 3 is 2.48 bits per heavy atom. The number of hydrogen-bond donors (Lipinski definition) is 2. The highest BCUT2D eigenvalue weighted by atomic mass is 127. The minimum absolute atomic E-state index is 0. The summed E-state index contributed by atoms with van der Waals surface area (Å²) in [7, 11) is -2.98. The zero-order valence-electron chi connectivity index (χ0n) is 17.5. The van der Waals surface area contributed by atoms with Crippen LogP contribution in [-0.4, -0.2) is 77.2 Å². The number of sulfone groups is 1. The molecule has 2 N–H and O–H groups in total. The molecule has 0 spiro atoms. The summed E-state index contributed by atoms with van der Waals surface area (Å²) < 4.78 is 27.6. The van der Waals surface area contributed by atoms with Crippen molar-refractivity contribution >= 4 is 39.8 Å². The molecule has 1 atom stereocenters. The lowest BCUT2D eigenvalue weighted by atomic mass is 10.1. The fraction of sp³-hybridized carbons (Fsp3) is 0.650. The minimum Gasteiger partial charge on any atom is -0.379 e. The first-order valence-corrected chi connectivity index (χ1v) is 12.1. The molecule has 1 heterocycles. The summed E-state index contributed by atoms with van der Waals surface area (Å²) in [5.74, 6) is 0.810. The second kappa shape index (κ2) is 14.2. The van der Waals surface area contributed by atoms with Gasteiger partial charge in [0, 0.05) is 19.3 Å². The fourth-order valence-corrected chi connectivity index (χ4v) is 3.65. The van der Waals surface area contributed by atoms with Gasteiger partial charge in [-0.25, -0.2) is 8.42 Å². The molecule has 0 amide bonds. The molecule has 1 aliphatic heterocycles. The molecule has 1 aromatic carbocycles. The normalized spacial score (nSPS) is 16.3. The monoisotopic (exact) mass is 538 g/mol. The number of likely N-dealkylation sites (tertiary alicyclic amines) is 1. The van der Waals surface area contributed by atoms with Crippen molar-refractivity contribution in [3.8, 4) is 0 Å². The molecule has 166 valence electrons. The summed E-state index contributed by atoms with van der Waals surface area (Å²) >= 11 is 0. The maximum Gasteiger partial charge on any atom is 0.191 e. The molecule has 0 saturated carbocycles. The van der Waals surface area contributed by atoms with Crippen LogP contribution in [0, 0.1) is 0 Å². The second-order valence-corrected chi connectivity index (χ2v) is 9.32. The van der Waals surface area contributed by atoms with Crippen LogP contribution < -0.4 is 10.6 Å². The van der Waals surface area contributed by atoms with Crippen LogP contribution in [0.3, 0.4) is 0 Å². The standard InChI is InChI=1S/C20H34N4O3S.HI/c1-3-21-20(22-11-14-27-15-16-28(2,25)26)23-17-19(24-12-7-8-13-24)18-9-5-4-6-10-18;/h4-6,9-10,19H,3,7-8,11-17H2,1-2H3,(H2,21,22,23);1H. The molecule has 0 bridgehead atoms. The smallest absolute Gasteiger partial charge is 0.191 e. The Morgan fingerprint density at radius 1 is 1.17 bits per heavy atom. The Hall–Kier alpha value is -0.910.